The average Bonchev–Trinajstić information content (AvgIpc) is 2.25. The number of nitrogen functional groups attached to an aromatic ring is 1. The number of non-ortho nitro benzene ring substituents is 1. The monoisotopic (exact) mass is 220 g/mol. The van der Waals surface area contributed by atoms with E-state index in [1.807, 2.05) is 0 Å². The molecule has 0 heterocycles. The average molecular weight is 220 g/mol. The van der Waals surface area contributed by atoms with Crippen molar-refractivity contribution in [1.29, 1.82) is 5.26 Å². The Morgan fingerprint density at radius 3 is 2.81 bits per heavy atom. The predicted octanol–water partition coefficient (Wildman–Crippen LogP) is 0.430. The van der Waals surface area contributed by atoms with Gasteiger partial charge in [-0.3, -0.25) is 14.9 Å². The van der Waals surface area contributed by atoms with Gasteiger partial charge in [-0.05, 0) is 6.07 Å². The van der Waals surface area contributed by atoms with Gasteiger partial charge in [0.25, 0.3) is 11.6 Å². The third-order valence-corrected chi connectivity index (χ3v) is 1.82. The highest BCUT2D eigenvalue weighted by molar-refractivity contribution is 5.99. The topological polar surface area (TPSA) is 122 Å². The van der Waals surface area contributed by atoms with Crippen molar-refractivity contribution in [2.45, 2.75) is 0 Å². The Bertz CT molecular complexity index is 478. The van der Waals surface area contributed by atoms with Gasteiger partial charge in [-0.2, -0.15) is 5.26 Å². The molecule has 16 heavy (non-hydrogen) atoms. The van der Waals surface area contributed by atoms with Gasteiger partial charge in [0.1, 0.15) is 6.54 Å². The van der Waals surface area contributed by atoms with E-state index in [2.05, 4.69) is 5.32 Å². The molecule has 3 N–H and O–H groups in total. The Kier molecular flexibility index (Phi) is 3.40. The molecular weight excluding hydrogens is 212 g/mol. The molecule has 0 aromatic heterocycles. The van der Waals surface area contributed by atoms with Crippen LogP contribution in [0.3, 0.4) is 0 Å². The van der Waals surface area contributed by atoms with Crippen molar-refractivity contribution < 1.29 is 9.72 Å². The Morgan fingerprint density at radius 2 is 2.31 bits per heavy atom. The molecule has 1 aromatic carbocycles. The number of nitrogens with one attached hydrogen (secondary N) is 1. The van der Waals surface area contributed by atoms with E-state index in [-0.39, 0.29) is 23.5 Å². The first-order chi connectivity index (χ1) is 7.56. The van der Waals surface area contributed by atoms with Gasteiger partial charge in [-0.15, -0.1) is 0 Å². The molecule has 82 valence electrons. The third-order valence-electron chi connectivity index (χ3n) is 1.82. The number of carbonyl (C=O) groups is 1. The van der Waals surface area contributed by atoms with E-state index in [0.29, 0.717) is 0 Å². The maximum atomic E-state index is 11.4. The molecule has 0 saturated heterocycles. The smallest absolute Gasteiger partial charge is 0.271 e. The van der Waals surface area contributed by atoms with Crippen molar-refractivity contribution in [2.24, 2.45) is 0 Å². The number of benzene rings is 1. The van der Waals surface area contributed by atoms with Crippen LogP contribution in [0.25, 0.3) is 0 Å². The van der Waals surface area contributed by atoms with Gasteiger partial charge in [-0.1, -0.05) is 0 Å². The molecular formula is C9H8N4O3. The van der Waals surface area contributed by atoms with Gasteiger partial charge in [0.15, 0.2) is 0 Å². The van der Waals surface area contributed by atoms with Crippen LogP contribution >= 0.6 is 0 Å². The van der Waals surface area contributed by atoms with E-state index in [0.717, 1.165) is 6.07 Å². The van der Waals surface area contributed by atoms with Crippen molar-refractivity contribution in [3.05, 3.63) is 33.9 Å². The van der Waals surface area contributed by atoms with Gasteiger partial charge in [0, 0.05) is 12.1 Å². The van der Waals surface area contributed by atoms with Crippen LogP contribution in [0.2, 0.25) is 0 Å². The zero-order chi connectivity index (χ0) is 12.1. The largest absolute Gasteiger partial charge is 0.398 e. The van der Waals surface area contributed by atoms with Crippen molar-refractivity contribution in [2.75, 3.05) is 12.3 Å². The van der Waals surface area contributed by atoms with Crippen LogP contribution in [0.5, 0.6) is 0 Å². The minimum Gasteiger partial charge on any atom is -0.398 e. The minimum absolute atomic E-state index is 0.00430. The van der Waals surface area contributed by atoms with E-state index in [1.54, 1.807) is 6.07 Å². The molecule has 0 fully saturated rings. The highest BCUT2D eigenvalue weighted by Gasteiger charge is 2.13. The third kappa shape index (κ3) is 2.45. The Balaban J connectivity index is 2.95. The van der Waals surface area contributed by atoms with Gasteiger partial charge in [-0.25, -0.2) is 0 Å². The normalized spacial score (nSPS) is 9.19. The quantitative estimate of drug-likeness (QED) is 0.331. The van der Waals surface area contributed by atoms with Gasteiger partial charge < -0.3 is 11.1 Å². The van der Waals surface area contributed by atoms with E-state index in [4.69, 9.17) is 11.0 Å². The van der Waals surface area contributed by atoms with Crippen LogP contribution < -0.4 is 11.1 Å². The van der Waals surface area contributed by atoms with E-state index in [9.17, 15) is 14.9 Å². The molecule has 0 spiro atoms. The number of rotatable bonds is 3. The van der Waals surface area contributed by atoms with Gasteiger partial charge in [0.2, 0.25) is 0 Å². The number of anilines is 1. The molecule has 0 bridgehead atoms. The predicted molar refractivity (Wildman–Crippen MR) is 55.5 cm³/mol. The molecule has 0 aliphatic heterocycles. The van der Waals surface area contributed by atoms with E-state index >= 15 is 0 Å². The summed E-state index contributed by atoms with van der Waals surface area (Å²) in [6.45, 7) is -0.144. The molecule has 1 aromatic rings. The van der Waals surface area contributed by atoms with Gasteiger partial charge >= 0.3 is 0 Å². The fourth-order valence-electron chi connectivity index (χ4n) is 1.09. The molecule has 0 unspecified atom stereocenters. The number of hydrogen-bond donors (Lipinski definition) is 2. The van der Waals surface area contributed by atoms with E-state index in [1.165, 1.54) is 12.1 Å². The Hall–Kier alpha value is -2.62. The Morgan fingerprint density at radius 1 is 1.62 bits per heavy atom. The summed E-state index contributed by atoms with van der Waals surface area (Å²) in [5, 5.41) is 21.0. The van der Waals surface area contributed by atoms with E-state index < -0.39 is 10.8 Å². The lowest BCUT2D eigenvalue weighted by Crippen LogP contribution is -2.24. The van der Waals surface area contributed by atoms with Crippen molar-refractivity contribution in [3.63, 3.8) is 0 Å². The first-order valence-corrected chi connectivity index (χ1v) is 4.25. The molecule has 7 nitrogen and oxygen atoms in total. The maximum absolute atomic E-state index is 11.4. The number of hydrogen-bond acceptors (Lipinski definition) is 5. The molecule has 0 atom stereocenters. The summed E-state index contributed by atoms with van der Waals surface area (Å²) in [6.07, 6.45) is 0. The second-order valence-corrected chi connectivity index (χ2v) is 2.87. The number of nitriles is 1. The lowest BCUT2D eigenvalue weighted by Gasteiger charge is -2.04. The summed E-state index contributed by atoms with van der Waals surface area (Å²) in [5.74, 6) is -0.533. The lowest BCUT2D eigenvalue weighted by molar-refractivity contribution is -0.384. The zero-order valence-electron chi connectivity index (χ0n) is 8.14. The first-order valence-electron chi connectivity index (χ1n) is 4.25. The number of nitro benzene ring substituents is 1. The summed E-state index contributed by atoms with van der Waals surface area (Å²) in [7, 11) is 0. The van der Waals surface area contributed by atoms with Gasteiger partial charge in [0.05, 0.1) is 22.2 Å². The molecule has 0 radical (unpaired) electrons. The highest BCUT2D eigenvalue weighted by atomic mass is 16.6. The second-order valence-electron chi connectivity index (χ2n) is 2.87. The maximum Gasteiger partial charge on any atom is 0.271 e. The SMILES string of the molecule is N#CCNC(=O)c1ccc([N+](=O)[O-])cc1N. The second kappa shape index (κ2) is 4.75. The van der Waals surface area contributed by atoms with Crippen LogP contribution in [0.15, 0.2) is 18.2 Å². The van der Waals surface area contributed by atoms with Crippen LogP contribution in [-0.4, -0.2) is 17.4 Å². The lowest BCUT2D eigenvalue weighted by atomic mass is 10.1. The Labute approximate surface area is 90.6 Å². The standard InChI is InChI=1S/C9H8N4O3/c10-3-4-12-9(14)7-2-1-6(13(15)16)5-8(7)11/h1-2,5H,4,11H2,(H,12,14). The minimum atomic E-state index is -0.604. The molecule has 1 amide bonds. The number of carbonyl (C=O) groups excluding carboxylic acids is 1. The molecule has 0 saturated carbocycles. The number of nitrogens with two attached hydrogens (primary N) is 1. The molecule has 7 heteroatoms. The van der Waals surface area contributed by atoms with Crippen molar-refractivity contribution in [1.82, 2.24) is 5.32 Å². The first kappa shape index (κ1) is 11.5. The zero-order valence-corrected chi connectivity index (χ0v) is 8.14. The van der Waals surface area contributed by atoms with Crippen molar-refractivity contribution in [3.8, 4) is 6.07 Å². The molecule has 0 aliphatic rings. The fourth-order valence-corrected chi connectivity index (χ4v) is 1.09. The van der Waals surface area contributed by atoms with Crippen LogP contribution in [-0.2, 0) is 0 Å². The molecule has 0 aliphatic carbocycles. The van der Waals surface area contributed by atoms with Crippen LogP contribution in [0.4, 0.5) is 11.4 Å². The summed E-state index contributed by atoms with van der Waals surface area (Å²) >= 11 is 0. The van der Waals surface area contributed by atoms with Crippen LogP contribution in [0, 0.1) is 21.4 Å². The number of nitro groups is 1. The fraction of sp³-hybridized carbons (Fsp3) is 0.111. The molecule has 1 rings (SSSR count). The number of amides is 1. The van der Waals surface area contributed by atoms with Crippen LogP contribution in [0.1, 0.15) is 10.4 Å². The summed E-state index contributed by atoms with van der Waals surface area (Å²) in [4.78, 5) is 21.2. The summed E-state index contributed by atoms with van der Waals surface area (Å²) in [5.41, 5.74) is 5.41. The number of nitrogens with zero attached hydrogens (tertiary/aromatic N) is 2. The highest BCUT2D eigenvalue weighted by Crippen LogP contribution is 2.19. The van der Waals surface area contributed by atoms with Crippen molar-refractivity contribution >= 4 is 17.3 Å². The summed E-state index contributed by atoms with van der Waals surface area (Å²) < 4.78 is 0. The summed E-state index contributed by atoms with van der Waals surface area (Å²) in [6, 6.07) is 5.26.